The largest absolute Gasteiger partial charge is 0.366 e. The number of halogens is 1. The molecular weight excluding hydrogens is 345 g/mol. The Bertz CT molecular complexity index is 441. The number of hydrogen-bond donors (Lipinski definition) is 2. The van der Waals surface area contributed by atoms with Gasteiger partial charge < -0.3 is 5.73 Å². The lowest BCUT2D eigenvalue weighted by atomic mass is 10.2. The SMILES string of the molecule is CCS(=O)(=O)O.NC(=O)c1ccc(I)cc1. The van der Waals surface area contributed by atoms with Crippen LogP contribution in [0.15, 0.2) is 24.3 Å². The molecule has 0 aromatic heterocycles. The van der Waals surface area contributed by atoms with Gasteiger partial charge in [-0.2, -0.15) is 8.42 Å². The second-order valence-electron chi connectivity index (χ2n) is 2.74. The predicted molar refractivity (Wildman–Crippen MR) is 69.8 cm³/mol. The van der Waals surface area contributed by atoms with Crippen LogP contribution < -0.4 is 5.73 Å². The van der Waals surface area contributed by atoms with Gasteiger partial charge in [-0.25, -0.2) is 0 Å². The van der Waals surface area contributed by atoms with Crippen molar-refractivity contribution in [3.05, 3.63) is 33.4 Å². The van der Waals surface area contributed by atoms with Crippen LogP contribution in [-0.4, -0.2) is 24.6 Å². The van der Waals surface area contributed by atoms with Crippen molar-refractivity contribution in [1.82, 2.24) is 0 Å². The molecule has 0 heterocycles. The van der Waals surface area contributed by atoms with Crippen molar-refractivity contribution in [3.8, 4) is 0 Å². The number of primary amides is 1. The first-order valence-electron chi connectivity index (χ1n) is 4.26. The molecule has 0 aliphatic carbocycles. The first kappa shape index (κ1) is 15.3. The topological polar surface area (TPSA) is 97.5 Å². The summed E-state index contributed by atoms with van der Waals surface area (Å²) in [5.41, 5.74) is 5.58. The summed E-state index contributed by atoms with van der Waals surface area (Å²) >= 11 is 2.17. The van der Waals surface area contributed by atoms with Crippen molar-refractivity contribution in [2.75, 3.05) is 5.75 Å². The highest BCUT2D eigenvalue weighted by Crippen LogP contribution is 2.05. The van der Waals surface area contributed by atoms with E-state index in [-0.39, 0.29) is 11.7 Å². The van der Waals surface area contributed by atoms with E-state index in [9.17, 15) is 13.2 Å². The Kier molecular flexibility index (Phi) is 6.53. The van der Waals surface area contributed by atoms with Crippen LogP contribution >= 0.6 is 22.6 Å². The van der Waals surface area contributed by atoms with Crippen molar-refractivity contribution in [1.29, 1.82) is 0 Å². The van der Waals surface area contributed by atoms with Gasteiger partial charge in [0.1, 0.15) is 0 Å². The minimum absolute atomic E-state index is 0.201. The van der Waals surface area contributed by atoms with E-state index >= 15 is 0 Å². The predicted octanol–water partition coefficient (Wildman–Crippen LogP) is 1.28. The highest BCUT2D eigenvalue weighted by atomic mass is 127. The highest BCUT2D eigenvalue weighted by molar-refractivity contribution is 14.1. The lowest BCUT2D eigenvalue weighted by Gasteiger charge is -1.92. The lowest BCUT2D eigenvalue weighted by Crippen LogP contribution is -2.10. The van der Waals surface area contributed by atoms with E-state index < -0.39 is 10.1 Å². The van der Waals surface area contributed by atoms with E-state index in [0.29, 0.717) is 5.56 Å². The zero-order chi connectivity index (χ0) is 12.8. The quantitative estimate of drug-likeness (QED) is 0.616. The molecule has 0 saturated carbocycles. The Labute approximate surface area is 108 Å². The molecule has 0 aliphatic heterocycles. The molecule has 0 atom stereocenters. The van der Waals surface area contributed by atoms with E-state index in [1.54, 1.807) is 12.1 Å². The third-order valence-electron chi connectivity index (χ3n) is 1.49. The van der Waals surface area contributed by atoms with E-state index in [4.69, 9.17) is 10.3 Å². The normalized spacial score (nSPS) is 10.2. The van der Waals surface area contributed by atoms with Gasteiger partial charge in [0.15, 0.2) is 0 Å². The van der Waals surface area contributed by atoms with Gasteiger partial charge >= 0.3 is 0 Å². The first-order valence-corrected chi connectivity index (χ1v) is 6.95. The zero-order valence-electron chi connectivity index (χ0n) is 8.55. The van der Waals surface area contributed by atoms with E-state index in [1.165, 1.54) is 6.92 Å². The van der Waals surface area contributed by atoms with Crippen LogP contribution in [-0.2, 0) is 10.1 Å². The Balaban J connectivity index is 0.000000325. The van der Waals surface area contributed by atoms with E-state index in [2.05, 4.69) is 22.6 Å². The van der Waals surface area contributed by atoms with Crippen LogP contribution in [0.25, 0.3) is 0 Å². The van der Waals surface area contributed by atoms with Gasteiger partial charge in [-0.15, -0.1) is 0 Å². The lowest BCUT2D eigenvalue weighted by molar-refractivity contribution is 0.1000. The molecule has 0 fully saturated rings. The molecule has 0 bridgehead atoms. The summed E-state index contributed by atoms with van der Waals surface area (Å²) in [5.74, 6) is -0.580. The van der Waals surface area contributed by atoms with Crippen LogP contribution in [0.1, 0.15) is 17.3 Å². The second kappa shape index (κ2) is 6.81. The maximum absolute atomic E-state index is 10.5. The fraction of sp³-hybridized carbons (Fsp3) is 0.222. The third-order valence-corrected chi connectivity index (χ3v) is 2.94. The summed E-state index contributed by atoms with van der Waals surface area (Å²) in [6.07, 6.45) is 0. The summed E-state index contributed by atoms with van der Waals surface area (Å²) in [6, 6.07) is 7.12. The summed E-state index contributed by atoms with van der Waals surface area (Å²) in [7, 11) is -3.66. The molecule has 1 aromatic rings. The van der Waals surface area contributed by atoms with Crippen molar-refractivity contribution in [2.24, 2.45) is 5.73 Å². The maximum Gasteiger partial charge on any atom is 0.264 e. The molecule has 0 aliphatic rings. The minimum atomic E-state index is -3.66. The van der Waals surface area contributed by atoms with Gasteiger partial charge in [0, 0.05) is 9.13 Å². The summed E-state index contributed by atoms with van der Waals surface area (Å²) in [4.78, 5) is 10.5. The zero-order valence-corrected chi connectivity index (χ0v) is 11.5. The number of carbonyl (C=O) groups excluding carboxylic acids is 1. The summed E-state index contributed by atoms with van der Waals surface area (Å²) < 4.78 is 28.0. The van der Waals surface area contributed by atoms with Crippen molar-refractivity contribution >= 4 is 38.6 Å². The van der Waals surface area contributed by atoms with Crippen LogP contribution in [0.5, 0.6) is 0 Å². The molecule has 90 valence electrons. The molecule has 1 amide bonds. The highest BCUT2D eigenvalue weighted by Gasteiger charge is 1.96. The molecule has 3 N–H and O–H groups in total. The van der Waals surface area contributed by atoms with Crippen LogP contribution in [0, 0.1) is 3.57 Å². The molecule has 1 rings (SSSR count). The molecule has 0 spiro atoms. The van der Waals surface area contributed by atoms with Gasteiger partial charge in [0.05, 0.1) is 5.75 Å². The smallest absolute Gasteiger partial charge is 0.264 e. The number of carbonyl (C=O) groups is 1. The third kappa shape index (κ3) is 7.60. The van der Waals surface area contributed by atoms with Crippen molar-refractivity contribution < 1.29 is 17.8 Å². The minimum Gasteiger partial charge on any atom is -0.366 e. The second-order valence-corrected chi connectivity index (χ2v) is 5.73. The fourth-order valence-electron chi connectivity index (χ4n) is 0.614. The van der Waals surface area contributed by atoms with Gasteiger partial charge in [0.25, 0.3) is 10.1 Å². The molecule has 16 heavy (non-hydrogen) atoms. The Morgan fingerprint density at radius 1 is 1.38 bits per heavy atom. The molecule has 0 unspecified atom stereocenters. The Morgan fingerprint density at radius 3 is 2.00 bits per heavy atom. The Morgan fingerprint density at radius 2 is 1.75 bits per heavy atom. The van der Waals surface area contributed by atoms with Crippen LogP contribution in [0.2, 0.25) is 0 Å². The standard InChI is InChI=1S/C7H6INO.C2H6O3S/c8-6-3-1-5(2-4-6)7(9)10;1-2-6(3,4)5/h1-4H,(H2,9,10);2H2,1H3,(H,3,4,5). The molecule has 0 radical (unpaired) electrons. The van der Waals surface area contributed by atoms with Gasteiger partial charge in [0.2, 0.25) is 5.91 Å². The van der Waals surface area contributed by atoms with E-state index in [0.717, 1.165) is 3.57 Å². The molecule has 0 saturated heterocycles. The number of rotatable bonds is 2. The van der Waals surface area contributed by atoms with Crippen molar-refractivity contribution in [3.63, 3.8) is 0 Å². The Hall–Kier alpha value is -0.670. The van der Waals surface area contributed by atoms with Crippen molar-refractivity contribution in [2.45, 2.75) is 6.92 Å². The number of hydrogen-bond acceptors (Lipinski definition) is 3. The van der Waals surface area contributed by atoms with E-state index in [1.807, 2.05) is 12.1 Å². The number of benzene rings is 1. The van der Waals surface area contributed by atoms with Crippen LogP contribution in [0.4, 0.5) is 0 Å². The van der Waals surface area contributed by atoms with Gasteiger partial charge in [-0.3, -0.25) is 9.35 Å². The first-order chi connectivity index (χ1) is 7.26. The fourth-order valence-corrected chi connectivity index (χ4v) is 0.974. The molecular formula is C9H12INO4S. The molecule has 7 heteroatoms. The summed E-state index contributed by atoms with van der Waals surface area (Å²) in [6.45, 7) is 1.37. The summed E-state index contributed by atoms with van der Waals surface area (Å²) in [5, 5.41) is 0. The van der Waals surface area contributed by atoms with Gasteiger partial charge in [-0.1, -0.05) is 0 Å². The van der Waals surface area contributed by atoms with Crippen LogP contribution in [0.3, 0.4) is 0 Å². The number of nitrogens with two attached hydrogens (primary N) is 1. The average Bonchev–Trinajstić information content (AvgIpc) is 2.18. The number of amides is 1. The molecule has 1 aromatic carbocycles. The monoisotopic (exact) mass is 357 g/mol. The average molecular weight is 357 g/mol. The maximum atomic E-state index is 10.5. The van der Waals surface area contributed by atoms with Gasteiger partial charge in [-0.05, 0) is 53.8 Å². The molecule has 5 nitrogen and oxygen atoms in total.